The first-order chi connectivity index (χ1) is 9.38. The number of piperidine rings is 1. The van der Waals surface area contributed by atoms with Crippen molar-refractivity contribution in [2.45, 2.75) is 57.8 Å². The highest BCUT2D eigenvalue weighted by molar-refractivity contribution is 5.06. The van der Waals surface area contributed by atoms with Gasteiger partial charge in [0, 0.05) is 0 Å². The van der Waals surface area contributed by atoms with Gasteiger partial charge in [0.1, 0.15) is 0 Å². The van der Waals surface area contributed by atoms with Crippen molar-refractivity contribution in [2.75, 3.05) is 13.1 Å². The van der Waals surface area contributed by atoms with E-state index in [1.54, 1.807) is 37.7 Å². The zero-order chi connectivity index (χ0) is 12.7. The summed E-state index contributed by atoms with van der Waals surface area (Å²) in [7, 11) is 0. The van der Waals surface area contributed by atoms with Gasteiger partial charge in [-0.25, -0.2) is 0 Å². The quantitative estimate of drug-likeness (QED) is 0.751. The molecular formula is C18H29N. The Kier molecular flexibility index (Phi) is 3.43. The third-order valence-corrected chi connectivity index (χ3v) is 6.60. The number of nitrogens with one attached hydrogen (secondary N) is 1. The molecule has 5 rings (SSSR count). The van der Waals surface area contributed by atoms with Crippen molar-refractivity contribution in [3.05, 3.63) is 11.6 Å². The van der Waals surface area contributed by atoms with E-state index in [4.69, 9.17) is 0 Å². The summed E-state index contributed by atoms with van der Waals surface area (Å²) >= 11 is 0. The van der Waals surface area contributed by atoms with Crippen molar-refractivity contribution in [2.24, 2.45) is 29.6 Å². The van der Waals surface area contributed by atoms with Crippen LogP contribution in [0, 0.1) is 29.6 Å². The number of allylic oxidation sites excluding steroid dienone is 1. The van der Waals surface area contributed by atoms with Gasteiger partial charge in [0.25, 0.3) is 0 Å². The van der Waals surface area contributed by atoms with Gasteiger partial charge in [-0.15, -0.1) is 0 Å². The Balaban J connectivity index is 1.33. The van der Waals surface area contributed by atoms with Crippen LogP contribution in [0.25, 0.3) is 0 Å². The molecule has 1 heteroatoms. The van der Waals surface area contributed by atoms with Crippen LogP contribution in [-0.4, -0.2) is 13.1 Å². The molecule has 1 N–H and O–H groups in total. The Morgan fingerprint density at radius 3 is 2.16 bits per heavy atom. The predicted molar refractivity (Wildman–Crippen MR) is 80.0 cm³/mol. The molecule has 0 spiro atoms. The predicted octanol–water partition coefficient (Wildman–Crippen LogP) is 4.15. The van der Waals surface area contributed by atoms with Crippen molar-refractivity contribution in [1.82, 2.24) is 5.32 Å². The smallest absolute Gasteiger partial charge is 0.00115 e. The van der Waals surface area contributed by atoms with E-state index in [1.807, 2.05) is 0 Å². The first-order valence-corrected chi connectivity index (χ1v) is 8.77. The van der Waals surface area contributed by atoms with Crippen LogP contribution < -0.4 is 5.32 Å². The van der Waals surface area contributed by atoms with Crippen molar-refractivity contribution in [3.8, 4) is 0 Å². The molecule has 5 fully saturated rings. The van der Waals surface area contributed by atoms with E-state index in [0.29, 0.717) is 0 Å². The zero-order valence-electron chi connectivity index (χ0n) is 12.2. The van der Waals surface area contributed by atoms with Crippen molar-refractivity contribution >= 4 is 0 Å². The van der Waals surface area contributed by atoms with Gasteiger partial charge >= 0.3 is 0 Å². The number of hydrogen-bond donors (Lipinski definition) is 1. The summed E-state index contributed by atoms with van der Waals surface area (Å²) in [5, 5.41) is 3.46. The van der Waals surface area contributed by atoms with E-state index < -0.39 is 0 Å². The van der Waals surface area contributed by atoms with Crippen LogP contribution in [0.1, 0.15) is 57.8 Å². The highest BCUT2D eigenvalue weighted by Gasteiger charge is 2.47. The molecule has 0 radical (unpaired) electrons. The topological polar surface area (TPSA) is 12.0 Å². The third kappa shape index (κ3) is 2.51. The molecule has 0 unspecified atom stereocenters. The van der Waals surface area contributed by atoms with Gasteiger partial charge < -0.3 is 5.32 Å². The van der Waals surface area contributed by atoms with Crippen LogP contribution in [0.5, 0.6) is 0 Å². The first kappa shape index (κ1) is 12.4. The molecule has 0 aromatic rings. The molecule has 1 aliphatic heterocycles. The molecule has 1 saturated heterocycles. The normalized spacial score (nSPS) is 44.6. The minimum atomic E-state index is 1.10. The Morgan fingerprint density at radius 1 is 0.895 bits per heavy atom. The van der Waals surface area contributed by atoms with Crippen molar-refractivity contribution in [1.29, 1.82) is 0 Å². The Bertz CT molecular complexity index is 321. The maximum absolute atomic E-state index is 3.46. The lowest BCUT2D eigenvalue weighted by molar-refractivity contribution is -0.0391. The van der Waals surface area contributed by atoms with Crippen LogP contribution in [0.3, 0.4) is 0 Å². The van der Waals surface area contributed by atoms with Gasteiger partial charge in [0.05, 0.1) is 0 Å². The molecule has 4 aliphatic carbocycles. The number of hydrogen-bond acceptors (Lipinski definition) is 1. The highest BCUT2D eigenvalue weighted by Crippen LogP contribution is 2.57. The van der Waals surface area contributed by atoms with Gasteiger partial charge in [-0.1, -0.05) is 11.6 Å². The van der Waals surface area contributed by atoms with Crippen LogP contribution in [-0.2, 0) is 0 Å². The van der Waals surface area contributed by atoms with Crippen LogP contribution >= 0.6 is 0 Å². The SMILES string of the molecule is C(CCC1C2CC3CC(C2)CC1C3)=C1CCNCC1. The maximum Gasteiger partial charge on any atom is -0.00115 e. The second-order valence-corrected chi connectivity index (χ2v) is 7.78. The van der Waals surface area contributed by atoms with E-state index in [9.17, 15) is 0 Å². The van der Waals surface area contributed by atoms with E-state index in [-0.39, 0.29) is 0 Å². The molecular weight excluding hydrogens is 230 g/mol. The Labute approximate surface area is 118 Å². The average Bonchev–Trinajstić information content (AvgIpc) is 2.42. The minimum absolute atomic E-state index is 1.10. The lowest BCUT2D eigenvalue weighted by Crippen LogP contribution is -2.44. The van der Waals surface area contributed by atoms with E-state index >= 15 is 0 Å². The van der Waals surface area contributed by atoms with Gasteiger partial charge in [-0.3, -0.25) is 0 Å². The average molecular weight is 259 g/mol. The molecule has 4 bridgehead atoms. The molecule has 0 aromatic carbocycles. The van der Waals surface area contributed by atoms with E-state index in [0.717, 1.165) is 29.6 Å². The van der Waals surface area contributed by atoms with Gasteiger partial charge in [0.15, 0.2) is 0 Å². The number of rotatable bonds is 3. The second-order valence-electron chi connectivity index (χ2n) is 7.78. The highest BCUT2D eigenvalue weighted by atomic mass is 14.9. The second kappa shape index (κ2) is 5.24. The summed E-state index contributed by atoms with van der Waals surface area (Å²) in [5.74, 6) is 5.64. The molecule has 0 amide bonds. The standard InChI is InChI=1S/C18H29N/c1(2-13-4-6-19-7-5-13)3-18-16-9-14-8-15(11-16)12-17(18)10-14/h2,14-19H,1,3-12H2. The van der Waals surface area contributed by atoms with Gasteiger partial charge in [-0.05, 0) is 100 Å². The Morgan fingerprint density at radius 2 is 1.53 bits per heavy atom. The largest absolute Gasteiger partial charge is 0.316 e. The van der Waals surface area contributed by atoms with Crippen LogP contribution in [0.2, 0.25) is 0 Å². The van der Waals surface area contributed by atoms with E-state index in [2.05, 4.69) is 11.4 Å². The van der Waals surface area contributed by atoms with Crippen LogP contribution in [0.15, 0.2) is 11.6 Å². The van der Waals surface area contributed by atoms with Crippen molar-refractivity contribution < 1.29 is 0 Å². The third-order valence-electron chi connectivity index (χ3n) is 6.60. The molecule has 19 heavy (non-hydrogen) atoms. The molecule has 4 saturated carbocycles. The lowest BCUT2D eigenvalue weighted by atomic mass is 9.51. The zero-order valence-corrected chi connectivity index (χ0v) is 12.2. The first-order valence-electron chi connectivity index (χ1n) is 8.77. The van der Waals surface area contributed by atoms with Gasteiger partial charge in [0.2, 0.25) is 0 Å². The lowest BCUT2D eigenvalue weighted by Gasteiger charge is -2.54. The molecule has 5 aliphatic rings. The fraction of sp³-hybridized carbons (Fsp3) is 0.889. The van der Waals surface area contributed by atoms with Gasteiger partial charge in [-0.2, -0.15) is 0 Å². The van der Waals surface area contributed by atoms with Crippen molar-refractivity contribution in [3.63, 3.8) is 0 Å². The molecule has 1 nitrogen and oxygen atoms in total. The van der Waals surface area contributed by atoms with E-state index in [1.165, 1.54) is 38.8 Å². The summed E-state index contributed by atoms with van der Waals surface area (Å²) in [4.78, 5) is 0. The molecule has 0 atom stereocenters. The summed E-state index contributed by atoms with van der Waals surface area (Å²) in [5.41, 5.74) is 1.74. The molecule has 0 aromatic heterocycles. The fourth-order valence-corrected chi connectivity index (χ4v) is 5.94. The summed E-state index contributed by atoms with van der Waals surface area (Å²) < 4.78 is 0. The summed E-state index contributed by atoms with van der Waals surface area (Å²) in [6.45, 7) is 2.42. The minimum Gasteiger partial charge on any atom is -0.316 e. The molecule has 1 heterocycles. The fourth-order valence-electron chi connectivity index (χ4n) is 5.94. The maximum atomic E-state index is 3.46. The summed E-state index contributed by atoms with van der Waals surface area (Å²) in [6, 6.07) is 0. The molecule has 106 valence electrons. The monoisotopic (exact) mass is 259 g/mol. The Hall–Kier alpha value is -0.300. The summed E-state index contributed by atoms with van der Waals surface area (Å²) in [6.07, 6.45) is 16.1. The van der Waals surface area contributed by atoms with Crippen LogP contribution in [0.4, 0.5) is 0 Å².